The van der Waals surface area contributed by atoms with Crippen molar-refractivity contribution in [2.75, 3.05) is 13.7 Å². The summed E-state index contributed by atoms with van der Waals surface area (Å²) in [4.78, 5) is 19.5. The number of aromatic hydroxyl groups is 1. The highest BCUT2D eigenvalue weighted by Gasteiger charge is 2.35. The maximum atomic E-state index is 13.1. The van der Waals surface area contributed by atoms with Gasteiger partial charge in [0, 0.05) is 17.8 Å². The van der Waals surface area contributed by atoms with Crippen molar-refractivity contribution in [2.24, 2.45) is 0 Å². The minimum Gasteiger partial charge on any atom is -0.504 e. The van der Waals surface area contributed by atoms with Crippen LogP contribution in [0.2, 0.25) is 0 Å². The highest BCUT2D eigenvalue weighted by atomic mass is 16.5. The zero-order valence-corrected chi connectivity index (χ0v) is 20.0. The number of benzene rings is 2. The van der Waals surface area contributed by atoms with E-state index in [1.54, 1.807) is 23.1 Å². The molecule has 178 valence electrons. The summed E-state index contributed by atoms with van der Waals surface area (Å²) in [5.41, 5.74) is 4.08. The third kappa shape index (κ3) is 4.62. The Kier molecular flexibility index (Phi) is 6.86. The molecular weight excluding hydrogens is 432 g/mol. The summed E-state index contributed by atoms with van der Waals surface area (Å²) in [6.07, 6.45) is 2.98. The zero-order chi connectivity index (χ0) is 24.2. The molecular formula is C26H30N4O4. The van der Waals surface area contributed by atoms with Gasteiger partial charge < -0.3 is 19.7 Å². The Morgan fingerprint density at radius 1 is 1.18 bits per heavy atom. The van der Waals surface area contributed by atoms with E-state index in [9.17, 15) is 9.90 Å². The SMILES string of the molecule is CCCCCN1C(=O)NC(c2ccc(OC)c(O)c2)C(c2nc(-c3cccc(C)c3)no2)=C1C. The van der Waals surface area contributed by atoms with Crippen LogP contribution in [0.5, 0.6) is 11.5 Å². The fraction of sp³-hybridized carbons (Fsp3) is 0.346. The number of unbranched alkanes of at least 4 members (excludes halogenated alkanes) is 2. The first-order valence-electron chi connectivity index (χ1n) is 11.5. The number of phenolic OH excluding ortho intramolecular Hbond substituents is 1. The topological polar surface area (TPSA) is 101 Å². The first-order valence-corrected chi connectivity index (χ1v) is 11.5. The second-order valence-corrected chi connectivity index (χ2v) is 8.46. The fourth-order valence-corrected chi connectivity index (χ4v) is 4.22. The van der Waals surface area contributed by atoms with Crippen molar-refractivity contribution in [2.45, 2.75) is 46.1 Å². The number of hydrogen-bond acceptors (Lipinski definition) is 6. The Hall–Kier alpha value is -3.81. The lowest BCUT2D eigenvalue weighted by Crippen LogP contribution is -2.46. The lowest BCUT2D eigenvalue weighted by Gasteiger charge is -2.35. The Balaban J connectivity index is 1.79. The number of methoxy groups -OCH3 is 1. The molecule has 2 heterocycles. The van der Waals surface area contributed by atoms with E-state index in [1.165, 1.54) is 7.11 Å². The second kappa shape index (κ2) is 9.99. The molecule has 1 aliphatic rings. The lowest BCUT2D eigenvalue weighted by atomic mass is 9.94. The first kappa shape index (κ1) is 23.4. The van der Waals surface area contributed by atoms with Gasteiger partial charge >= 0.3 is 6.03 Å². The molecule has 4 rings (SSSR count). The van der Waals surface area contributed by atoms with E-state index >= 15 is 0 Å². The van der Waals surface area contributed by atoms with Crippen LogP contribution in [0, 0.1) is 6.92 Å². The molecule has 8 nitrogen and oxygen atoms in total. The maximum Gasteiger partial charge on any atom is 0.322 e. The number of aryl methyl sites for hydroxylation is 1. The molecule has 0 fully saturated rings. The zero-order valence-electron chi connectivity index (χ0n) is 20.0. The second-order valence-electron chi connectivity index (χ2n) is 8.46. The minimum absolute atomic E-state index is 0.0115. The molecule has 0 bridgehead atoms. The van der Waals surface area contributed by atoms with E-state index < -0.39 is 6.04 Å². The smallest absolute Gasteiger partial charge is 0.322 e. The molecule has 1 aromatic heterocycles. The molecule has 1 aliphatic heterocycles. The third-order valence-corrected chi connectivity index (χ3v) is 6.05. The Morgan fingerprint density at radius 3 is 2.71 bits per heavy atom. The molecule has 1 unspecified atom stereocenters. The number of aromatic nitrogens is 2. The number of amides is 2. The van der Waals surface area contributed by atoms with Gasteiger partial charge in [0.1, 0.15) is 0 Å². The van der Waals surface area contributed by atoms with Crippen LogP contribution in [0.25, 0.3) is 17.0 Å². The van der Waals surface area contributed by atoms with E-state index in [0.29, 0.717) is 35.1 Å². The van der Waals surface area contributed by atoms with E-state index in [2.05, 4.69) is 22.4 Å². The van der Waals surface area contributed by atoms with Crippen molar-refractivity contribution >= 4 is 11.6 Å². The van der Waals surface area contributed by atoms with Crippen molar-refractivity contribution in [3.05, 3.63) is 65.2 Å². The maximum absolute atomic E-state index is 13.1. The highest BCUT2D eigenvalue weighted by Crippen LogP contribution is 2.39. The molecule has 2 aromatic carbocycles. The number of urea groups is 1. The van der Waals surface area contributed by atoms with Gasteiger partial charge in [0.25, 0.3) is 5.89 Å². The summed E-state index contributed by atoms with van der Waals surface area (Å²) < 4.78 is 10.9. The Morgan fingerprint density at radius 2 is 2.00 bits per heavy atom. The van der Waals surface area contributed by atoms with Crippen LogP contribution in [-0.4, -0.2) is 39.8 Å². The van der Waals surface area contributed by atoms with Gasteiger partial charge in [-0.3, -0.25) is 4.90 Å². The summed E-state index contributed by atoms with van der Waals surface area (Å²) in [6.45, 7) is 6.62. The monoisotopic (exact) mass is 462 g/mol. The molecule has 2 N–H and O–H groups in total. The molecule has 8 heteroatoms. The average Bonchev–Trinajstić information content (AvgIpc) is 3.30. The molecule has 0 saturated heterocycles. The van der Waals surface area contributed by atoms with E-state index in [-0.39, 0.29) is 11.8 Å². The number of nitrogens with one attached hydrogen (secondary N) is 1. The lowest BCUT2D eigenvalue weighted by molar-refractivity contribution is 0.204. The number of ether oxygens (including phenoxy) is 1. The Labute approximate surface area is 199 Å². The largest absolute Gasteiger partial charge is 0.504 e. The van der Waals surface area contributed by atoms with Gasteiger partial charge in [0.05, 0.1) is 18.7 Å². The quantitative estimate of drug-likeness (QED) is 0.432. The molecule has 0 spiro atoms. The molecule has 34 heavy (non-hydrogen) atoms. The summed E-state index contributed by atoms with van der Waals surface area (Å²) in [7, 11) is 1.49. The van der Waals surface area contributed by atoms with Crippen LogP contribution in [-0.2, 0) is 0 Å². The first-order chi connectivity index (χ1) is 16.4. The van der Waals surface area contributed by atoms with Crippen LogP contribution in [0.3, 0.4) is 0 Å². The van der Waals surface area contributed by atoms with E-state index in [4.69, 9.17) is 9.26 Å². The van der Waals surface area contributed by atoms with Crippen molar-refractivity contribution in [1.82, 2.24) is 20.4 Å². The van der Waals surface area contributed by atoms with Crippen molar-refractivity contribution in [3.8, 4) is 22.9 Å². The third-order valence-electron chi connectivity index (χ3n) is 6.05. The van der Waals surface area contributed by atoms with Gasteiger partial charge in [-0.1, -0.05) is 54.8 Å². The van der Waals surface area contributed by atoms with Gasteiger partial charge in [0.2, 0.25) is 5.82 Å². The van der Waals surface area contributed by atoms with E-state index in [1.807, 2.05) is 38.1 Å². The van der Waals surface area contributed by atoms with Gasteiger partial charge in [-0.05, 0) is 44.0 Å². The molecule has 0 aliphatic carbocycles. The molecule has 0 radical (unpaired) electrons. The number of rotatable bonds is 8. The Bertz CT molecular complexity index is 1220. The number of nitrogens with zero attached hydrogens (tertiary/aromatic N) is 3. The fourth-order valence-electron chi connectivity index (χ4n) is 4.22. The molecule has 3 aromatic rings. The van der Waals surface area contributed by atoms with Crippen LogP contribution in [0.4, 0.5) is 4.79 Å². The number of allylic oxidation sites excluding steroid dienone is 1. The molecule has 2 amide bonds. The number of phenols is 1. The summed E-state index contributed by atoms with van der Waals surface area (Å²) in [6, 6.07) is 12.2. The number of carbonyl (C=O) groups is 1. The minimum atomic E-state index is -0.572. The predicted octanol–water partition coefficient (Wildman–Crippen LogP) is 5.45. The van der Waals surface area contributed by atoms with Gasteiger partial charge in [-0.25, -0.2) is 4.79 Å². The van der Waals surface area contributed by atoms with Crippen LogP contribution in [0.15, 0.2) is 52.7 Å². The van der Waals surface area contributed by atoms with Crippen molar-refractivity contribution < 1.29 is 19.2 Å². The number of hydrogen-bond donors (Lipinski definition) is 2. The molecule has 1 atom stereocenters. The predicted molar refractivity (Wildman–Crippen MR) is 129 cm³/mol. The van der Waals surface area contributed by atoms with Crippen LogP contribution < -0.4 is 10.1 Å². The number of carbonyl (C=O) groups excluding carboxylic acids is 1. The van der Waals surface area contributed by atoms with Crippen LogP contribution in [0.1, 0.15) is 56.2 Å². The normalized spacial score (nSPS) is 16.1. The standard InChI is InChI=1S/C26H30N4O4/c1-5-6-7-13-30-17(3)22(25-28-24(29-34-25)19-10-8-9-16(2)14-19)23(27-26(30)32)18-11-12-21(33-4)20(31)15-18/h8-12,14-15,23,31H,5-7,13H2,1-4H3,(H,27,32). The highest BCUT2D eigenvalue weighted by molar-refractivity contribution is 5.87. The summed E-state index contributed by atoms with van der Waals surface area (Å²) in [5, 5.41) is 17.6. The van der Waals surface area contributed by atoms with Gasteiger partial charge in [-0.15, -0.1) is 0 Å². The molecule has 0 saturated carbocycles. The van der Waals surface area contributed by atoms with Crippen molar-refractivity contribution in [3.63, 3.8) is 0 Å². The van der Waals surface area contributed by atoms with Crippen molar-refractivity contribution in [1.29, 1.82) is 0 Å². The van der Waals surface area contributed by atoms with Gasteiger partial charge in [-0.2, -0.15) is 4.98 Å². The van der Waals surface area contributed by atoms with Crippen LogP contribution >= 0.6 is 0 Å². The average molecular weight is 463 g/mol. The summed E-state index contributed by atoms with van der Waals surface area (Å²) in [5.74, 6) is 1.15. The summed E-state index contributed by atoms with van der Waals surface area (Å²) >= 11 is 0. The van der Waals surface area contributed by atoms with Gasteiger partial charge in [0.15, 0.2) is 11.5 Å². The van der Waals surface area contributed by atoms with E-state index in [0.717, 1.165) is 36.1 Å².